The van der Waals surface area contributed by atoms with Gasteiger partial charge in [0, 0.05) is 13.7 Å². The lowest BCUT2D eigenvalue weighted by Gasteiger charge is -2.40. The van der Waals surface area contributed by atoms with E-state index in [1.165, 1.54) is 19.3 Å². The third-order valence-electron chi connectivity index (χ3n) is 4.23. The summed E-state index contributed by atoms with van der Waals surface area (Å²) in [5.74, 6) is 0.810. The maximum Gasteiger partial charge on any atom is 0.222 e. The van der Waals surface area contributed by atoms with Crippen molar-refractivity contribution < 1.29 is 9.53 Å². The minimum absolute atomic E-state index is 0.141. The standard InChI is InChI=1S/C13H24N2O2/c1-17-13(5-2-6-13)9-12(16)15-10-11-3-7-14-8-4-11/h11,14H,2-10H2,1H3,(H,15,16). The summed E-state index contributed by atoms with van der Waals surface area (Å²) >= 11 is 0. The number of piperidine rings is 1. The number of rotatable bonds is 5. The highest BCUT2D eigenvalue weighted by molar-refractivity contribution is 5.77. The number of amides is 1. The highest BCUT2D eigenvalue weighted by Gasteiger charge is 2.38. The van der Waals surface area contributed by atoms with E-state index in [9.17, 15) is 4.79 Å². The van der Waals surface area contributed by atoms with E-state index in [1.807, 2.05) is 0 Å². The van der Waals surface area contributed by atoms with Crippen LogP contribution in [-0.4, -0.2) is 38.3 Å². The number of hydrogen-bond donors (Lipinski definition) is 2. The Kier molecular flexibility index (Phi) is 4.40. The lowest BCUT2D eigenvalue weighted by molar-refractivity contribution is -0.134. The molecule has 17 heavy (non-hydrogen) atoms. The van der Waals surface area contributed by atoms with Crippen LogP contribution in [0.25, 0.3) is 0 Å². The Morgan fingerprint density at radius 2 is 2.12 bits per heavy atom. The zero-order chi connectivity index (χ0) is 12.1. The quantitative estimate of drug-likeness (QED) is 0.755. The van der Waals surface area contributed by atoms with E-state index in [0.29, 0.717) is 12.3 Å². The van der Waals surface area contributed by atoms with E-state index >= 15 is 0 Å². The lowest BCUT2D eigenvalue weighted by atomic mass is 9.77. The Labute approximate surface area is 103 Å². The Balaban J connectivity index is 1.66. The van der Waals surface area contributed by atoms with Crippen molar-refractivity contribution in [2.45, 2.75) is 44.1 Å². The van der Waals surface area contributed by atoms with Crippen molar-refractivity contribution in [1.82, 2.24) is 10.6 Å². The maximum atomic E-state index is 11.8. The van der Waals surface area contributed by atoms with E-state index in [-0.39, 0.29) is 11.5 Å². The van der Waals surface area contributed by atoms with Crippen LogP contribution in [0.3, 0.4) is 0 Å². The third kappa shape index (κ3) is 3.42. The van der Waals surface area contributed by atoms with Crippen molar-refractivity contribution in [3.63, 3.8) is 0 Å². The molecule has 4 nitrogen and oxygen atoms in total. The van der Waals surface area contributed by atoms with Gasteiger partial charge in [0.1, 0.15) is 0 Å². The monoisotopic (exact) mass is 240 g/mol. The second-order valence-corrected chi connectivity index (χ2v) is 5.41. The molecule has 98 valence electrons. The van der Waals surface area contributed by atoms with Crippen molar-refractivity contribution in [2.75, 3.05) is 26.7 Å². The van der Waals surface area contributed by atoms with E-state index in [2.05, 4.69) is 10.6 Å². The summed E-state index contributed by atoms with van der Waals surface area (Å²) in [6, 6.07) is 0. The van der Waals surface area contributed by atoms with Gasteiger partial charge in [0.25, 0.3) is 0 Å². The van der Waals surface area contributed by atoms with Gasteiger partial charge in [-0.15, -0.1) is 0 Å². The lowest BCUT2D eigenvalue weighted by Crippen LogP contribution is -2.45. The molecule has 2 fully saturated rings. The molecule has 1 aliphatic heterocycles. The van der Waals surface area contributed by atoms with Gasteiger partial charge >= 0.3 is 0 Å². The summed E-state index contributed by atoms with van der Waals surface area (Å²) in [4.78, 5) is 11.8. The van der Waals surface area contributed by atoms with Crippen LogP contribution in [0, 0.1) is 5.92 Å². The molecule has 1 saturated heterocycles. The molecule has 2 aliphatic rings. The second-order valence-electron chi connectivity index (χ2n) is 5.41. The molecule has 1 heterocycles. The van der Waals surface area contributed by atoms with E-state index in [1.54, 1.807) is 7.11 Å². The van der Waals surface area contributed by atoms with Gasteiger partial charge in [0.05, 0.1) is 12.0 Å². The predicted octanol–water partition coefficient (Wildman–Crippen LogP) is 1.06. The van der Waals surface area contributed by atoms with Gasteiger partial charge in [0.2, 0.25) is 5.91 Å². The van der Waals surface area contributed by atoms with Gasteiger partial charge < -0.3 is 15.4 Å². The fourth-order valence-electron chi connectivity index (χ4n) is 2.72. The third-order valence-corrected chi connectivity index (χ3v) is 4.23. The Morgan fingerprint density at radius 3 is 2.65 bits per heavy atom. The molecular weight excluding hydrogens is 216 g/mol. The first-order chi connectivity index (χ1) is 8.24. The number of methoxy groups -OCH3 is 1. The first-order valence-corrected chi connectivity index (χ1v) is 6.77. The smallest absolute Gasteiger partial charge is 0.222 e. The average molecular weight is 240 g/mol. The van der Waals surface area contributed by atoms with Crippen molar-refractivity contribution in [1.29, 1.82) is 0 Å². The summed E-state index contributed by atoms with van der Waals surface area (Å²) in [5.41, 5.74) is -0.141. The summed E-state index contributed by atoms with van der Waals surface area (Å²) in [6.45, 7) is 3.01. The molecule has 0 radical (unpaired) electrons. The Morgan fingerprint density at radius 1 is 1.41 bits per heavy atom. The fraction of sp³-hybridized carbons (Fsp3) is 0.923. The first-order valence-electron chi connectivity index (χ1n) is 6.77. The molecule has 0 unspecified atom stereocenters. The first kappa shape index (κ1) is 12.8. The molecule has 1 saturated carbocycles. The molecule has 2 rings (SSSR count). The predicted molar refractivity (Wildman–Crippen MR) is 66.8 cm³/mol. The summed E-state index contributed by atoms with van der Waals surface area (Å²) < 4.78 is 5.47. The highest BCUT2D eigenvalue weighted by atomic mass is 16.5. The summed E-state index contributed by atoms with van der Waals surface area (Å²) in [5, 5.41) is 6.40. The van der Waals surface area contributed by atoms with E-state index in [4.69, 9.17) is 4.74 Å². The molecule has 0 atom stereocenters. The van der Waals surface area contributed by atoms with Gasteiger partial charge in [-0.05, 0) is 51.1 Å². The van der Waals surface area contributed by atoms with Crippen molar-refractivity contribution in [2.24, 2.45) is 5.92 Å². The average Bonchev–Trinajstić information content (AvgIpc) is 2.33. The van der Waals surface area contributed by atoms with Gasteiger partial charge in [-0.1, -0.05) is 0 Å². The molecule has 2 N–H and O–H groups in total. The highest BCUT2D eigenvalue weighted by Crippen LogP contribution is 2.37. The molecule has 0 spiro atoms. The Hall–Kier alpha value is -0.610. The van der Waals surface area contributed by atoms with Crippen LogP contribution >= 0.6 is 0 Å². The van der Waals surface area contributed by atoms with Crippen LogP contribution in [-0.2, 0) is 9.53 Å². The van der Waals surface area contributed by atoms with Crippen LogP contribution < -0.4 is 10.6 Å². The minimum Gasteiger partial charge on any atom is -0.378 e. The van der Waals surface area contributed by atoms with Crippen molar-refractivity contribution in [3.8, 4) is 0 Å². The number of hydrogen-bond acceptors (Lipinski definition) is 3. The molecule has 0 aromatic heterocycles. The van der Waals surface area contributed by atoms with Crippen LogP contribution in [0.1, 0.15) is 38.5 Å². The number of carbonyl (C=O) groups is 1. The van der Waals surface area contributed by atoms with E-state index in [0.717, 1.165) is 32.5 Å². The molecular formula is C13H24N2O2. The largest absolute Gasteiger partial charge is 0.378 e. The zero-order valence-electron chi connectivity index (χ0n) is 10.8. The SMILES string of the molecule is COC1(CC(=O)NCC2CCNCC2)CCC1. The minimum atomic E-state index is -0.141. The van der Waals surface area contributed by atoms with Crippen LogP contribution in [0.4, 0.5) is 0 Å². The van der Waals surface area contributed by atoms with Crippen molar-refractivity contribution in [3.05, 3.63) is 0 Å². The van der Waals surface area contributed by atoms with Gasteiger partial charge in [-0.2, -0.15) is 0 Å². The topological polar surface area (TPSA) is 50.4 Å². The van der Waals surface area contributed by atoms with Crippen LogP contribution in [0.15, 0.2) is 0 Å². The van der Waals surface area contributed by atoms with Gasteiger partial charge in [-0.25, -0.2) is 0 Å². The molecule has 4 heteroatoms. The van der Waals surface area contributed by atoms with Gasteiger partial charge in [0.15, 0.2) is 0 Å². The number of ether oxygens (including phenoxy) is 1. The van der Waals surface area contributed by atoms with Gasteiger partial charge in [-0.3, -0.25) is 4.79 Å². The maximum absolute atomic E-state index is 11.8. The Bertz CT molecular complexity index is 253. The van der Waals surface area contributed by atoms with Crippen molar-refractivity contribution >= 4 is 5.91 Å². The van der Waals surface area contributed by atoms with Crippen LogP contribution in [0.2, 0.25) is 0 Å². The molecule has 1 aliphatic carbocycles. The molecule has 0 aromatic rings. The second kappa shape index (κ2) is 5.83. The normalized spacial score (nSPS) is 24.1. The fourth-order valence-corrected chi connectivity index (χ4v) is 2.72. The summed E-state index contributed by atoms with van der Waals surface area (Å²) in [7, 11) is 1.72. The molecule has 0 bridgehead atoms. The molecule has 1 amide bonds. The van der Waals surface area contributed by atoms with E-state index < -0.39 is 0 Å². The number of nitrogens with one attached hydrogen (secondary N) is 2. The number of carbonyl (C=O) groups excluding carboxylic acids is 1. The van der Waals surface area contributed by atoms with Crippen LogP contribution in [0.5, 0.6) is 0 Å². The summed E-state index contributed by atoms with van der Waals surface area (Å²) in [6.07, 6.45) is 6.14. The molecule has 0 aromatic carbocycles. The zero-order valence-corrected chi connectivity index (χ0v) is 10.8.